The molecule has 0 heterocycles. The molecule has 1 aromatic rings. The Balaban J connectivity index is 3.66. The second-order valence-corrected chi connectivity index (χ2v) is 7.71. The summed E-state index contributed by atoms with van der Waals surface area (Å²) in [6, 6.07) is -0.192. The fraction of sp³-hybridized carbons (Fsp3) is 0.625. The highest BCUT2D eigenvalue weighted by Crippen LogP contribution is 2.32. The normalized spacial score (nSPS) is 12.5. The lowest BCUT2D eigenvalue weighted by Gasteiger charge is -2.28. The molecule has 0 fully saturated rings. The molecular formula is C16H27NO3S. The van der Waals surface area contributed by atoms with Crippen molar-refractivity contribution in [1.29, 1.82) is 0 Å². The van der Waals surface area contributed by atoms with Crippen LogP contribution in [0.3, 0.4) is 0 Å². The summed E-state index contributed by atoms with van der Waals surface area (Å²) in [5, 5.41) is 9.18. The van der Waals surface area contributed by atoms with Gasteiger partial charge in [0.05, 0.1) is 11.5 Å². The number of nitrogens with zero attached hydrogens (tertiary/aromatic N) is 1. The van der Waals surface area contributed by atoms with Crippen LogP contribution < -0.4 is 0 Å². The molecule has 0 radical (unpaired) electrons. The van der Waals surface area contributed by atoms with Gasteiger partial charge in [-0.2, -0.15) is 4.31 Å². The Morgan fingerprint density at radius 1 is 0.905 bits per heavy atom. The average Bonchev–Trinajstić information content (AvgIpc) is 2.39. The predicted molar refractivity (Wildman–Crippen MR) is 86.2 cm³/mol. The lowest BCUT2D eigenvalue weighted by atomic mass is 9.95. The number of aliphatic hydroxyl groups excluding tert-OH is 1. The largest absolute Gasteiger partial charge is 0.395 e. The molecule has 21 heavy (non-hydrogen) atoms. The van der Waals surface area contributed by atoms with Gasteiger partial charge in [0.25, 0.3) is 0 Å². The van der Waals surface area contributed by atoms with Crippen LogP contribution in [0.2, 0.25) is 0 Å². The van der Waals surface area contributed by atoms with Crippen LogP contribution in [0.15, 0.2) is 4.90 Å². The Kier molecular flexibility index (Phi) is 5.58. The van der Waals surface area contributed by atoms with Crippen molar-refractivity contribution in [2.75, 3.05) is 13.2 Å². The lowest BCUT2D eigenvalue weighted by molar-refractivity contribution is 0.236. The summed E-state index contributed by atoms with van der Waals surface area (Å²) in [6.45, 7) is 13.2. The summed E-state index contributed by atoms with van der Waals surface area (Å²) >= 11 is 0. The molecule has 1 aromatic carbocycles. The molecule has 1 N–H and O–H groups in total. The van der Waals surface area contributed by atoms with Gasteiger partial charge in [-0.25, -0.2) is 8.42 Å². The molecular weight excluding hydrogens is 286 g/mol. The smallest absolute Gasteiger partial charge is 0.243 e. The topological polar surface area (TPSA) is 57.6 Å². The molecule has 0 unspecified atom stereocenters. The predicted octanol–water partition coefficient (Wildman–Crippen LogP) is 2.62. The van der Waals surface area contributed by atoms with Crippen molar-refractivity contribution < 1.29 is 13.5 Å². The summed E-state index contributed by atoms with van der Waals surface area (Å²) < 4.78 is 27.4. The number of rotatable bonds is 5. The first kappa shape index (κ1) is 18.1. The zero-order valence-corrected chi connectivity index (χ0v) is 14.9. The van der Waals surface area contributed by atoms with E-state index in [2.05, 4.69) is 0 Å². The zero-order chi connectivity index (χ0) is 16.5. The van der Waals surface area contributed by atoms with Crippen LogP contribution in [-0.4, -0.2) is 37.0 Å². The first-order chi connectivity index (χ1) is 9.57. The first-order valence-electron chi connectivity index (χ1n) is 7.27. The van der Waals surface area contributed by atoms with E-state index in [0.29, 0.717) is 4.90 Å². The summed E-state index contributed by atoms with van der Waals surface area (Å²) in [4.78, 5) is 0.394. The van der Waals surface area contributed by atoms with Gasteiger partial charge in [-0.1, -0.05) is 0 Å². The minimum atomic E-state index is -3.61. The molecule has 0 aliphatic heterocycles. The molecule has 0 aromatic heterocycles. The van der Waals surface area contributed by atoms with Crippen LogP contribution in [0.25, 0.3) is 0 Å². The van der Waals surface area contributed by atoms with Crippen molar-refractivity contribution >= 4 is 10.0 Å². The molecule has 4 nitrogen and oxygen atoms in total. The van der Waals surface area contributed by atoms with Gasteiger partial charge in [0.15, 0.2) is 0 Å². The van der Waals surface area contributed by atoms with E-state index in [9.17, 15) is 13.5 Å². The summed E-state index contributed by atoms with van der Waals surface area (Å²) in [7, 11) is -3.61. The van der Waals surface area contributed by atoms with E-state index in [1.807, 2.05) is 48.5 Å². The minimum absolute atomic E-state index is 0.116. The van der Waals surface area contributed by atoms with Crippen molar-refractivity contribution in [3.05, 3.63) is 27.8 Å². The van der Waals surface area contributed by atoms with Crippen molar-refractivity contribution in [2.24, 2.45) is 0 Å². The molecule has 0 bridgehead atoms. The van der Waals surface area contributed by atoms with E-state index in [0.717, 1.165) is 27.8 Å². The van der Waals surface area contributed by atoms with Crippen LogP contribution in [0.5, 0.6) is 0 Å². The molecule has 0 saturated heterocycles. The van der Waals surface area contributed by atoms with Gasteiger partial charge in [-0.15, -0.1) is 0 Å². The van der Waals surface area contributed by atoms with Gasteiger partial charge in [0, 0.05) is 12.6 Å². The van der Waals surface area contributed by atoms with E-state index in [1.54, 1.807) is 0 Å². The van der Waals surface area contributed by atoms with E-state index in [1.165, 1.54) is 4.31 Å². The molecule has 0 aliphatic rings. The zero-order valence-electron chi connectivity index (χ0n) is 14.1. The third-order valence-electron chi connectivity index (χ3n) is 4.39. The van der Waals surface area contributed by atoms with E-state index < -0.39 is 10.0 Å². The highest BCUT2D eigenvalue weighted by atomic mass is 32.2. The number of sulfonamides is 1. The number of hydrogen-bond acceptors (Lipinski definition) is 3. The van der Waals surface area contributed by atoms with Gasteiger partial charge < -0.3 is 5.11 Å². The minimum Gasteiger partial charge on any atom is -0.395 e. The van der Waals surface area contributed by atoms with Crippen molar-refractivity contribution in [1.82, 2.24) is 4.31 Å². The molecule has 1 rings (SSSR count). The van der Waals surface area contributed by atoms with Crippen LogP contribution in [0.1, 0.15) is 41.7 Å². The standard InChI is InChI=1S/C16H27NO3S/c1-10(2)17(8-9-18)21(19,20)16-14(6)12(4)11(3)13(5)15(16)7/h10,18H,8-9H2,1-7H3. The second kappa shape index (κ2) is 6.46. The number of hydrogen-bond donors (Lipinski definition) is 1. The Morgan fingerprint density at radius 3 is 1.62 bits per heavy atom. The highest BCUT2D eigenvalue weighted by molar-refractivity contribution is 7.89. The van der Waals surface area contributed by atoms with E-state index in [4.69, 9.17) is 0 Å². The van der Waals surface area contributed by atoms with E-state index >= 15 is 0 Å². The lowest BCUT2D eigenvalue weighted by Crippen LogP contribution is -2.39. The molecule has 0 aliphatic carbocycles. The van der Waals surface area contributed by atoms with Crippen molar-refractivity contribution in [3.63, 3.8) is 0 Å². The maximum absolute atomic E-state index is 13.0. The van der Waals surface area contributed by atoms with Gasteiger partial charge >= 0.3 is 0 Å². The fourth-order valence-electron chi connectivity index (χ4n) is 2.72. The second-order valence-electron chi connectivity index (χ2n) is 5.89. The fourth-order valence-corrected chi connectivity index (χ4v) is 4.92. The maximum Gasteiger partial charge on any atom is 0.243 e. The van der Waals surface area contributed by atoms with Crippen LogP contribution in [-0.2, 0) is 10.0 Å². The quantitative estimate of drug-likeness (QED) is 0.909. The average molecular weight is 313 g/mol. The number of aliphatic hydroxyl groups is 1. The Bertz CT molecular complexity index is 604. The van der Waals surface area contributed by atoms with Gasteiger partial charge in [0.2, 0.25) is 10.0 Å². The Labute approximate surface area is 128 Å². The van der Waals surface area contributed by atoms with Crippen molar-refractivity contribution in [3.8, 4) is 0 Å². The highest BCUT2D eigenvalue weighted by Gasteiger charge is 2.31. The van der Waals surface area contributed by atoms with Gasteiger partial charge in [0.1, 0.15) is 0 Å². The summed E-state index contributed by atoms with van der Waals surface area (Å²) in [5.74, 6) is 0. The Morgan fingerprint density at radius 2 is 1.29 bits per heavy atom. The third kappa shape index (κ3) is 3.15. The Hall–Kier alpha value is -0.910. The van der Waals surface area contributed by atoms with Gasteiger partial charge in [-0.05, 0) is 76.3 Å². The molecule has 5 heteroatoms. The monoisotopic (exact) mass is 313 g/mol. The SMILES string of the molecule is Cc1c(C)c(C)c(S(=O)(=O)N(CCO)C(C)C)c(C)c1C. The van der Waals surface area contributed by atoms with Crippen molar-refractivity contribution in [2.45, 2.75) is 59.4 Å². The van der Waals surface area contributed by atoms with Crippen LogP contribution in [0.4, 0.5) is 0 Å². The third-order valence-corrected chi connectivity index (χ3v) is 6.74. The first-order valence-corrected chi connectivity index (χ1v) is 8.71. The molecule has 0 atom stereocenters. The molecule has 0 spiro atoms. The van der Waals surface area contributed by atoms with E-state index in [-0.39, 0.29) is 19.2 Å². The van der Waals surface area contributed by atoms with Crippen LogP contribution in [0, 0.1) is 34.6 Å². The summed E-state index contributed by atoms with van der Waals surface area (Å²) in [6.07, 6.45) is 0. The summed E-state index contributed by atoms with van der Waals surface area (Å²) in [5.41, 5.74) is 4.79. The van der Waals surface area contributed by atoms with Crippen LogP contribution >= 0.6 is 0 Å². The maximum atomic E-state index is 13.0. The number of benzene rings is 1. The molecule has 0 amide bonds. The van der Waals surface area contributed by atoms with Gasteiger partial charge in [-0.3, -0.25) is 0 Å². The molecule has 0 saturated carbocycles. The molecule has 120 valence electrons.